The highest BCUT2D eigenvalue weighted by molar-refractivity contribution is 5.85. The molecule has 1 fully saturated rings. The summed E-state index contributed by atoms with van der Waals surface area (Å²) in [4.78, 5) is 11.9. The SMILES string of the molecule is Cl.O=C(NCCCCOCc1ccccc1)C1CCCNC1. The molecule has 1 atom stereocenters. The summed E-state index contributed by atoms with van der Waals surface area (Å²) < 4.78 is 5.62. The second-order valence-corrected chi connectivity index (χ2v) is 5.58. The first-order valence-electron chi connectivity index (χ1n) is 7.96. The molecule has 22 heavy (non-hydrogen) atoms. The maximum Gasteiger partial charge on any atom is 0.224 e. The molecule has 5 heteroatoms. The summed E-state index contributed by atoms with van der Waals surface area (Å²) >= 11 is 0. The van der Waals surface area contributed by atoms with Crippen molar-refractivity contribution in [2.24, 2.45) is 5.92 Å². The van der Waals surface area contributed by atoms with Gasteiger partial charge in [0.2, 0.25) is 5.91 Å². The van der Waals surface area contributed by atoms with E-state index >= 15 is 0 Å². The van der Waals surface area contributed by atoms with Crippen molar-refractivity contribution in [1.29, 1.82) is 0 Å². The fourth-order valence-corrected chi connectivity index (χ4v) is 2.52. The Kier molecular flexibility index (Phi) is 9.87. The minimum atomic E-state index is 0. The molecule has 1 aliphatic heterocycles. The first-order valence-corrected chi connectivity index (χ1v) is 7.96. The Morgan fingerprint density at radius 2 is 2.09 bits per heavy atom. The molecular weight excluding hydrogens is 300 g/mol. The molecular formula is C17H27ClN2O2. The highest BCUT2D eigenvalue weighted by Crippen LogP contribution is 2.09. The number of hydrogen-bond donors (Lipinski definition) is 2. The van der Waals surface area contributed by atoms with Gasteiger partial charge in [0, 0.05) is 19.7 Å². The molecule has 1 amide bonds. The smallest absolute Gasteiger partial charge is 0.224 e. The number of benzene rings is 1. The maximum atomic E-state index is 11.9. The van der Waals surface area contributed by atoms with Gasteiger partial charge in [0.05, 0.1) is 12.5 Å². The van der Waals surface area contributed by atoms with E-state index in [1.165, 1.54) is 5.56 Å². The Balaban J connectivity index is 0.00000242. The van der Waals surface area contributed by atoms with Crippen molar-refractivity contribution in [2.75, 3.05) is 26.2 Å². The van der Waals surface area contributed by atoms with E-state index in [4.69, 9.17) is 4.74 Å². The Bertz CT molecular complexity index is 408. The molecule has 1 aliphatic rings. The van der Waals surface area contributed by atoms with Crippen molar-refractivity contribution in [3.63, 3.8) is 0 Å². The van der Waals surface area contributed by atoms with Gasteiger partial charge in [-0.15, -0.1) is 12.4 Å². The molecule has 1 aromatic carbocycles. The van der Waals surface area contributed by atoms with E-state index in [-0.39, 0.29) is 24.2 Å². The average Bonchev–Trinajstić information content (AvgIpc) is 2.55. The van der Waals surface area contributed by atoms with E-state index in [1.54, 1.807) is 0 Å². The average molecular weight is 327 g/mol. The number of piperidine rings is 1. The van der Waals surface area contributed by atoms with Crippen molar-refractivity contribution in [2.45, 2.75) is 32.3 Å². The summed E-state index contributed by atoms with van der Waals surface area (Å²) in [6, 6.07) is 10.2. The van der Waals surface area contributed by atoms with Crippen LogP contribution in [0.25, 0.3) is 0 Å². The number of nitrogens with one attached hydrogen (secondary N) is 2. The Hall–Kier alpha value is -1.10. The number of rotatable bonds is 8. The van der Waals surface area contributed by atoms with Gasteiger partial charge < -0.3 is 15.4 Å². The van der Waals surface area contributed by atoms with Crippen molar-refractivity contribution in [3.05, 3.63) is 35.9 Å². The van der Waals surface area contributed by atoms with E-state index in [2.05, 4.69) is 22.8 Å². The van der Waals surface area contributed by atoms with Gasteiger partial charge in [-0.3, -0.25) is 4.79 Å². The monoisotopic (exact) mass is 326 g/mol. The standard InChI is InChI=1S/C17H26N2O2.ClH/c20-17(16-9-6-10-18-13-16)19-11-4-5-12-21-14-15-7-2-1-3-8-15;/h1-3,7-8,16,18H,4-6,9-14H2,(H,19,20);1H. The molecule has 1 heterocycles. The molecule has 1 unspecified atom stereocenters. The Morgan fingerprint density at radius 3 is 2.82 bits per heavy atom. The van der Waals surface area contributed by atoms with Crippen LogP contribution in [-0.2, 0) is 16.1 Å². The molecule has 0 spiro atoms. The van der Waals surface area contributed by atoms with E-state index in [0.29, 0.717) is 6.61 Å². The molecule has 4 nitrogen and oxygen atoms in total. The lowest BCUT2D eigenvalue weighted by Crippen LogP contribution is -2.40. The Labute approximate surface area is 139 Å². The lowest BCUT2D eigenvalue weighted by Gasteiger charge is -2.21. The first-order chi connectivity index (χ1) is 10.4. The van der Waals surface area contributed by atoms with E-state index in [1.807, 2.05) is 18.2 Å². The van der Waals surface area contributed by atoms with Gasteiger partial charge in [-0.1, -0.05) is 30.3 Å². The second kappa shape index (κ2) is 11.5. The lowest BCUT2D eigenvalue weighted by molar-refractivity contribution is -0.125. The Morgan fingerprint density at radius 1 is 1.27 bits per heavy atom. The van der Waals surface area contributed by atoms with Crippen molar-refractivity contribution in [1.82, 2.24) is 10.6 Å². The van der Waals surface area contributed by atoms with Crippen LogP contribution >= 0.6 is 12.4 Å². The number of carbonyl (C=O) groups excluding carboxylic acids is 1. The summed E-state index contributed by atoms with van der Waals surface area (Å²) in [7, 11) is 0. The van der Waals surface area contributed by atoms with Crippen LogP contribution in [0, 0.1) is 5.92 Å². The predicted octanol–water partition coefficient (Wildman–Crippen LogP) is 2.52. The van der Waals surface area contributed by atoms with Crippen LogP contribution < -0.4 is 10.6 Å². The summed E-state index contributed by atoms with van der Waals surface area (Å²) in [5.74, 6) is 0.362. The summed E-state index contributed by atoms with van der Waals surface area (Å²) in [6.45, 7) is 4.04. The lowest BCUT2D eigenvalue weighted by atomic mass is 9.99. The third-order valence-electron chi connectivity index (χ3n) is 3.79. The van der Waals surface area contributed by atoms with Crippen LogP contribution in [0.3, 0.4) is 0 Å². The minimum absolute atomic E-state index is 0. The highest BCUT2D eigenvalue weighted by atomic mass is 35.5. The van der Waals surface area contributed by atoms with E-state index in [0.717, 1.165) is 51.9 Å². The van der Waals surface area contributed by atoms with Crippen LogP contribution in [0.4, 0.5) is 0 Å². The number of carbonyl (C=O) groups is 1. The van der Waals surface area contributed by atoms with Crippen LogP contribution in [-0.4, -0.2) is 32.1 Å². The zero-order valence-corrected chi connectivity index (χ0v) is 13.9. The van der Waals surface area contributed by atoms with E-state index < -0.39 is 0 Å². The van der Waals surface area contributed by atoms with Crippen LogP contribution in [0.2, 0.25) is 0 Å². The molecule has 124 valence electrons. The number of hydrogen-bond acceptors (Lipinski definition) is 3. The topological polar surface area (TPSA) is 50.4 Å². The van der Waals surface area contributed by atoms with Crippen molar-refractivity contribution >= 4 is 18.3 Å². The van der Waals surface area contributed by atoms with E-state index in [9.17, 15) is 4.79 Å². The summed E-state index contributed by atoms with van der Waals surface area (Å²) in [5, 5.41) is 6.30. The molecule has 0 saturated carbocycles. The fourth-order valence-electron chi connectivity index (χ4n) is 2.52. The maximum absolute atomic E-state index is 11.9. The van der Waals surface area contributed by atoms with Gasteiger partial charge in [0.25, 0.3) is 0 Å². The zero-order valence-electron chi connectivity index (χ0n) is 13.1. The largest absolute Gasteiger partial charge is 0.377 e. The fraction of sp³-hybridized carbons (Fsp3) is 0.588. The van der Waals surface area contributed by atoms with Gasteiger partial charge in [-0.2, -0.15) is 0 Å². The molecule has 2 rings (SSSR count). The van der Waals surface area contributed by atoms with Gasteiger partial charge in [-0.25, -0.2) is 0 Å². The molecule has 0 bridgehead atoms. The van der Waals surface area contributed by atoms with Gasteiger partial charge in [0.15, 0.2) is 0 Å². The predicted molar refractivity (Wildman–Crippen MR) is 91.2 cm³/mol. The van der Waals surface area contributed by atoms with Crippen molar-refractivity contribution < 1.29 is 9.53 Å². The van der Waals surface area contributed by atoms with Crippen LogP contribution in [0.1, 0.15) is 31.2 Å². The summed E-state index contributed by atoms with van der Waals surface area (Å²) in [5.41, 5.74) is 1.20. The minimum Gasteiger partial charge on any atom is -0.377 e. The van der Waals surface area contributed by atoms with Gasteiger partial charge in [-0.05, 0) is 37.8 Å². The normalized spacial score (nSPS) is 17.5. The number of unbranched alkanes of at least 4 members (excludes halogenated alkanes) is 1. The molecule has 1 saturated heterocycles. The number of amides is 1. The first kappa shape index (κ1) is 18.9. The number of halogens is 1. The molecule has 0 aromatic heterocycles. The van der Waals surface area contributed by atoms with Crippen molar-refractivity contribution in [3.8, 4) is 0 Å². The highest BCUT2D eigenvalue weighted by Gasteiger charge is 2.19. The summed E-state index contributed by atoms with van der Waals surface area (Å²) in [6.07, 6.45) is 4.07. The van der Waals surface area contributed by atoms with Crippen LogP contribution in [0.5, 0.6) is 0 Å². The third kappa shape index (κ3) is 7.25. The third-order valence-corrected chi connectivity index (χ3v) is 3.79. The van der Waals surface area contributed by atoms with Gasteiger partial charge in [0.1, 0.15) is 0 Å². The quantitative estimate of drug-likeness (QED) is 0.722. The molecule has 1 aromatic rings. The number of ether oxygens (including phenoxy) is 1. The second-order valence-electron chi connectivity index (χ2n) is 5.58. The molecule has 0 radical (unpaired) electrons. The zero-order chi connectivity index (χ0) is 14.8. The molecule has 0 aliphatic carbocycles. The molecule has 2 N–H and O–H groups in total. The van der Waals surface area contributed by atoms with Crippen LogP contribution in [0.15, 0.2) is 30.3 Å². The van der Waals surface area contributed by atoms with Gasteiger partial charge >= 0.3 is 0 Å².